The lowest BCUT2D eigenvalue weighted by atomic mass is 10.1. The third kappa shape index (κ3) is 4.31. The van der Waals surface area contributed by atoms with E-state index in [2.05, 4.69) is 17.2 Å². The molecule has 0 aromatic heterocycles. The van der Waals surface area contributed by atoms with Crippen molar-refractivity contribution >= 4 is 15.7 Å². The van der Waals surface area contributed by atoms with E-state index < -0.39 is 20.5 Å². The molecule has 0 radical (unpaired) electrons. The van der Waals surface area contributed by atoms with Gasteiger partial charge in [-0.1, -0.05) is 30.0 Å². The minimum atomic E-state index is -3.49. The molecule has 0 aliphatic carbocycles. The quantitative estimate of drug-likeness (QED) is 0.790. The Kier molecular flexibility index (Phi) is 5.53. The number of sulfone groups is 1. The van der Waals surface area contributed by atoms with Gasteiger partial charge in [-0.2, -0.15) is 0 Å². The molecule has 0 bridgehead atoms. The summed E-state index contributed by atoms with van der Waals surface area (Å²) in [7, 11) is -3.49. The Balaban J connectivity index is 2.88. The molecule has 0 fully saturated rings. The van der Waals surface area contributed by atoms with Gasteiger partial charge in [0.1, 0.15) is 4.75 Å². The number of nitrogens with one attached hydrogen (secondary N) is 1. The average molecular weight is 308 g/mol. The van der Waals surface area contributed by atoms with E-state index in [9.17, 15) is 13.2 Å². The van der Waals surface area contributed by atoms with E-state index in [0.29, 0.717) is 0 Å². The number of amides is 1. The second-order valence-corrected chi connectivity index (χ2v) is 7.69. The highest BCUT2D eigenvalue weighted by Crippen LogP contribution is 2.16. The summed E-state index contributed by atoms with van der Waals surface area (Å²) in [5.74, 6) is 5.14. The molecule has 3 N–H and O–H groups in total. The van der Waals surface area contributed by atoms with Gasteiger partial charge in [-0.3, -0.25) is 4.79 Å². The molecule has 0 saturated heterocycles. The van der Waals surface area contributed by atoms with Gasteiger partial charge in [-0.15, -0.1) is 0 Å². The molecule has 0 aliphatic heterocycles. The molecule has 0 unspecified atom stereocenters. The normalized spacial score (nSPS) is 11.4. The van der Waals surface area contributed by atoms with E-state index in [1.807, 2.05) is 24.3 Å². The molecule has 1 amide bonds. The van der Waals surface area contributed by atoms with Gasteiger partial charge in [-0.05, 0) is 25.5 Å². The van der Waals surface area contributed by atoms with Crippen molar-refractivity contribution in [2.45, 2.75) is 25.1 Å². The van der Waals surface area contributed by atoms with E-state index in [-0.39, 0.29) is 13.1 Å². The van der Waals surface area contributed by atoms with Gasteiger partial charge in [0, 0.05) is 18.4 Å². The molecule has 0 heterocycles. The standard InChI is InChI=1S/C15H20N2O3S/c1-15(2,21(3,19)20)14(18)17-11-13-8-5-4-7-12(13)9-6-10-16/h4-5,7-8H,10-11,16H2,1-3H3,(H,17,18). The lowest BCUT2D eigenvalue weighted by Gasteiger charge is -2.21. The van der Waals surface area contributed by atoms with Crippen molar-refractivity contribution in [3.05, 3.63) is 35.4 Å². The van der Waals surface area contributed by atoms with Crippen molar-refractivity contribution in [2.75, 3.05) is 12.8 Å². The molecule has 0 aliphatic rings. The molecular weight excluding hydrogens is 288 g/mol. The van der Waals surface area contributed by atoms with Gasteiger partial charge in [0.05, 0.1) is 6.54 Å². The highest BCUT2D eigenvalue weighted by atomic mass is 32.2. The van der Waals surface area contributed by atoms with E-state index in [1.54, 1.807) is 0 Å². The van der Waals surface area contributed by atoms with Crippen LogP contribution in [-0.4, -0.2) is 31.9 Å². The molecule has 1 rings (SSSR count). The van der Waals surface area contributed by atoms with Gasteiger partial charge >= 0.3 is 0 Å². The molecule has 0 spiro atoms. The maximum atomic E-state index is 12.1. The van der Waals surface area contributed by atoms with Crippen LogP contribution in [0.25, 0.3) is 0 Å². The highest BCUT2D eigenvalue weighted by Gasteiger charge is 2.38. The van der Waals surface area contributed by atoms with Crippen LogP contribution < -0.4 is 11.1 Å². The summed E-state index contributed by atoms with van der Waals surface area (Å²) in [6.45, 7) is 3.24. The number of carbonyl (C=O) groups is 1. The number of benzene rings is 1. The first kappa shape index (κ1) is 17.2. The minimum Gasteiger partial charge on any atom is -0.351 e. The second-order valence-electron chi connectivity index (χ2n) is 5.13. The molecule has 0 saturated carbocycles. The van der Waals surface area contributed by atoms with Crippen LogP contribution in [0.1, 0.15) is 25.0 Å². The van der Waals surface area contributed by atoms with E-state index >= 15 is 0 Å². The lowest BCUT2D eigenvalue weighted by molar-refractivity contribution is -0.123. The van der Waals surface area contributed by atoms with E-state index in [1.165, 1.54) is 13.8 Å². The van der Waals surface area contributed by atoms with Crippen molar-refractivity contribution in [1.82, 2.24) is 5.32 Å². The zero-order valence-electron chi connectivity index (χ0n) is 12.4. The molecule has 0 atom stereocenters. The van der Waals surface area contributed by atoms with Crippen LogP contribution in [-0.2, 0) is 21.2 Å². The van der Waals surface area contributed by atoms with Gasteiger partial charge in [-0.25, -0.2) is 8.42 Å². The Bertz CT molecular complexity index is 682. The van der Waals surface area contributed by atoms with Crippen LogP contribution in [0.3, 0.4) is 0 Å². The van der Waals surface area contributed by atoms with Gasteiger partial charge in [0.15, 0.2) is 9.84 Å². The summed E-state index contributed by atoms with van der Waals surface area (Å²) in [6, 6.07) is 7.32. The Hall–Kier alpha value is -1.84. The monoisotopic (exact) mass is 308 g/mol. The third-order valence-electron chi connectivity index (χ3n) is 3.26. The van der Waals surface area contributed by atoms with Crippen molar-refractivity contribution in [3.8, 4) is 11.8 Å². The highest BCUT2D eigenvalue weighted by molar-refractivity contribution is 7.92. The fraction of sp³-hybridized carbons (Fsp3) is 0.400. The number of hydrogen-bond donors (Lipinski definition) is 2. The first-order valence-corrected chi connectivity index (χ1v) is 8.34. The van der Waals surface area contributed by atoms with Crippen molar-refractivity contribution in [1.29, 1.82) is 0 Å². The summed E-state index contributed by atoms with van der Waals surface area (Å²) >= 11 is 0. The summed E-state index contributed by atoms with van der Waals surface area (Å²) in [5.41, 5.74) is 6.92. The Morgan fingerprint density at radius 3 is 2.52 bits per heavy atom. The number of hydrogen-bond acceptors (Lipinski definition) is 4. The molecular formula is C15H20N2O3S. The van der Waals surface area contributed by atoms with Crippen LogP contribution in [0.4, 0.5) is 0 Å². The summed E-state index contributed by atoms with van der Waals surface area (Å²) in [4.78, 5) is 12.1. The van der Waals surface area contributed by atoms with Crippen LogP contribution in [0.2, 0.25) is 0 Å². The lowest BCUT2D eigenvalue weighted by Crippen LogP contribution is -2.47. The summed E-state index contributed by atoms with van der Waals surface area (Å²) in [6.07, 6.45) is 1.05. The Morgan fingerprint density at radius 1 is 1.33 bits per heavy atom. The Morgan fingerprint density at radius 2 is 1.95 bits per heavy atom. The fourth-order valence-electron chi connectivity index (χ4n) is 1.50. The number of rotatable bonds is 4. The zero-order chi connectivity index (χ0) is 16.1. The molecule has 21 heavy (non-hydrogen) atoms. The topological polar surface area (TPSA) is 89.3 Å². The average Bonchev–Trinajstić information content (AvgIpc) is 2.42. The predicted molar refractivity (Wildman–Crippen MR) is 83.1 cm³/mol. The number of nitrogens with two attached hydrogens (primary N) is 1. The predicted octanol–water partition coefficient (Wildman–Crippen LogP) is 0.436. The van der Waals surface area contributed by atoms with Crippen LogP contribution in [0.5, 0.6) is 0 Å². The van der Waals surface area contributed by atoms with Crippen molar-refractivity contribution in [3.63, 3.8) is 0 Å². The molecule has 1 aromatic rings. The van der Waals surface area contributed by atoms with Gasteiger partial charge in [0.25, 0.3) is 0 Å². The first-order chi connectivity index (χ1) is 9.70. The van der Waals surface area contributed by atoms with Crippen LogP contribution in [0.15, 0.2) is 24.3 Å². The van der Waals surface area contributed by atoms with E-state index in [0.717, 1.165) is 17.4 Å². The van der Waals surface area contributed by atoms with Gasteiger partial charge in [0.2, 0.25) is 5.91 Å². The van der Waals surface area contributed by atoms with Crippen molar-refractivity contribution < 1.29 is 13.2 Å². The van der Waals surface area contributed by atoms with Crippen molar-refractivity contribution in [2.24, 2.45) is 5.73 Å². The van der Waals surface area contributed by atoms with E-state index in [4.69, 9.17) is 5.73 Å². The minimum absolute atomic E-state index is 0.215. The van der Waals surface area contributed by atoms with Gasteiger partial charge < -0.3 is 11.1 Å². The SMILES string of the molecule is CC(C)(C(=O)NCc1ccccc1C#CCN)S(C)(=O)=O. The smallest absolute Gasteiger partial charge is 0.241 e. The summed E-state index contributed by atoms with van der Waals surface area (Å²) in [5, 5.41) is 2.65. The molecule has 114 valence electrons. The van der Waals surface area contributed by atoms with Crippen LogP contribution in [0, 0.1) is 11.8 Å². The number of carbonyl (C=O) groups excluding carboxylic acids is 1. The summed E-state index contributed by atoms with van der Waals surface area (Å²) < 4.78 is 21.8. The maximum Gasteiger partial charge on any atom is 0.241 e. The molecule has 1 aromatic carbocycles. The van der Waals surface area contributed by atoms with Crippen LogP contribution >= 0.6 is 0 Å². The second kappa shape index (κ2) is 6.74. The Labute approximate surface area is 125 Å². The largest absolute Gasteiger partial charge is 0.351 e. The fourth-order valence-corrected chi connectivity index (χ4v) is 1.91. The zero-order valence-corrected chi connectivity index (χ0v) is 13.3. The maximum absolute atomic E-state index is 12.1. The third-order valence-corrected chi connectivity index (χ3v) is 5.30. The first-order valence-electron chi connectivity index (χ1n) is 6.45. The molecule has 5 nitrogen and oxygen atoms in total. The molecule has 6 heteroatoms.